The maximum atomic E-state index is 13.1. The molecule has 3 rings (SSSR count). The van der Waals surface area contributed by atoms with Gasteiger partial charge in [-0.1, -0.05) is 0 Å². The lowest BCUT2D eigenvalue weighted by Gasteiger charge is -2.05. The molecule has 2 heterocycles. The van der Waals surface area contributed by atoms with Crippen LogP contribution in [0.3, 0.4) is 0 Å². The lowest BCUT2D eigenvalue weighted by atomic mass is 10.1. The Bertz CT molecular complexity index is 884. The van der Waals surface area contributed by atoms with E-state index in [1.165, 1.54) is 12.1 Å². The summed E-state index contributed by atoms with van der Waals surface area (Å²) in [6, 6.07) is 9.41. The van der Waals surface area contributed by atoms with Crippen molar-refractivity contribution < 1.29 is 13.6 Å². The Hall–Kier alpha value is -2.89. The number of hydrogen-bond donors (Lipinski definition) is 2. The molecule has 5 nitrogen and oxygen atoms in total. The highest BCUT2D eigenvalue weighted by molar-refractivity contribution is 5.79. The largest absolute Gasteiger partial charge is 0.467 e. The topological polar surface area (TPSA) is 75.1 Å². The zero-order chi connectivity index (χ0) is 16.2. The molecule has 118 valence electrons. The summed E-state index contributed by atoms with van der Waals surface area (Å²) in [5.41, 5.74) is 0.639. The summed E-state index contributed by atoms with van der Waals surface area (Å²) in [5.74, 6) is 0.0992. The fraction of sp³-hybridized carbons (Fsp3) is 0.176. The minimum atomic E-state index is -0.404. The van der Waals surface area contributed by atoms with E-state index < -0.39 is 5.82 Å². The van der Waals surface area contributed by atoms with Crippen molar-refractivity contribution >= 4 is 16.8 Å². The molecule has 0 fully saturated rings. The number of carbonyl (C=O) groups excluding carboxylic acids is 1. The normalized spacial score (nSPS) is 10.8. The van der Waals surface area contributed by atoms with Gasteiger partial charge in [0.05, 0.1) is 18.3 Å². The third kappa shape index (κ3) is 3.66. The van der Waals surface area contributed by atoms with Crippen LogP contribution in [-0.2, 0) is 17.8 Å². The van der Waals surface area contributed by atoms with Crippen LogP contribution in [0.1, 0.15) is 17.7 Å². The maximum Gasteiger partial charge on any atom is 0.251 e. The number of amides is 1. The minimum Gasteiger partial charge on any atom is -0.467 e. The Morgan fingerprint density at radius 3 is 2.91 bits per heavy atom. The highest BCUT2D eigenvalue weighted by Gasteiger charge is 2.08. The third-order valence-electron chi connectivity index (χ3n) is 3.55. The molecular weight excluding hydrogens is 299 g/mol. The molecule has 3 aromatic rings. The number of furan rings is 1. The van der Waals surface area contributed by atoms with Gasteiger partial charge in [-0.2, -0.15) is 0 Å². The fourth-order valence-corrected chi connectivity index (χ4v) is 2.34. The second kappa shape index (κ2) is 6.48. The van der Waals surface area contributed by atoms with E-state index in [0.29, 0.717) is 29.8 Å². The monoisotopic (exact) mass is 314 g/mol. The van der Waals surface area contributed by atoms with Crippen LogP contribution in [0.2, 0.25) is 0 Å². The number of rotatable bonds is 5. The Kier molecular flexibility index (Phi) is 4.23. The number of fused-ring (bicyclic) bond motifs is 1. The van der Waals surface area contributed by atoms with Crippen LogP contribution in [0.5, 0.6) is 0 Å². The lowest BCUT2D eigenvalue weighted by molar-refractivity contribution is -0.121. The van der Waals surface area contributed by atoms with Gasteiger partial charge in [0.15, 0.2) is 0 Å². The van der Waals surface area contributed by atoms with E-state index in [0.717, 1.165) is 5.39 Å². The zero-order valence-electron chi connectivity index (χ0n) is 12.3. The highest BCUT2D eigenvalue weighted by Crippen LogP contribution is 2.13. The number of aromatic nitrogens is 1. The number of aryl methyl sites for hydroxylation is 1. The summed E-state index contributed by atoms with van der Waals surface area (Å²) in [4.78, 5) is 26.4. The van der Waals surface area contributed by atoms with Crippen molar-refractivity contribution in [3.8, 4) is 0 Å². The van der Waals surface area contributed by atoms with Gasteiger partial charge in [-0.15, -0.1) is 0 Å². The van der Waals surface area contributed by atoms with Crippen LogP contribution in [0.4, 0.5) is 4.39 Å². The molecule has 2 N–H and O–H groups in total. The molecule has 6 heteroatoms. The van der Waals surface area contributed by atoms with E-state index in [4.69, 9.17) is 4.42 Å². The number of pyridine rings is 1. The smallest absolute Gasteiger partial charge is 0.251 e. The second-order valence-electron chi connectivity index (χ2n) is 5.21. The lowest BCUT2D eigenvalue weighted by Crippen LogP contribution is -2.24. The predicted molar refractivity (Wildman–Crippen MR) is 83.4 cm³/mol. The summed E-state index contributed by atoms with van der Waals surface area (Å²) >= 11 is 0. The van der Waals surface area contributed by atoms with Gasteiger partial charge in [-0.05, 0) is 48.2 Å². The Morgan fingerprint density at radius 1 is 1.26 bits per heavy atom. The van der Waals surface area contributed by atoms with Crippen molar-refractivity contribution in [2.75, 3.05) is 0 Å². The van der Waals surface area contributed by atoms with Crippen molar-refractivity contribution in [2.24, 2.45) is 0 Å². The third-order valence-corrected chi connectivity index (χ3v) is 3.55. The van der Waals surface area contributed by atoms with E-state index in [1.54, 1.807) is 30.5 Å². The van der Waals surface area contributed by atoms with Gasteiger partial charge in [-0.3, -0.25) is 9.59 Å². The molecule has 1 amide bonds. The summed E-state index contributed by atoms with van der Waals surface area (Å²) in [6.07, 6.45) is 2.04. The maximum absolute atomic E-state index is 13.1. The van der Waals surface area contributed by atoms with Crippen LogP contribution >= 0.6 is 0 Å². The average Bonchev–Trinajstić information content (AvgIpc) is 3.04. The predicted octanol–water partition coefficient (Wildman–Crippen LogP) is 2.51. The van der Waals surface area contributed by atoms with Crippen molar-refractivity contribution in [2.45, 2.75) is 19.4 Å². The van der Waals surface area contributed by atoms with Crippen molar-refractivity contribution in [1.82, 2.24) is 10.3 Å². The molecule has 0 saturated carbocycles. The molecule has 2 aromatic heterocycles. The van der Waals surface area contributed by atoms with Gasteiger partial charge >= 0.3 is 0 Å². The van der Waals surface area contributed by atoms with E-state index in [-0.39, 0.29) is 17.9 Å². The van der Waals surface area contributed by atoms with Gasteiger partial charge in [0.25, 0.3) is 5.56 Å². The first-order valence-electron chi connectivity index (χ1n) is 7.22. The molecule has 0 saturated heterocycles. The standard InChI is InChI=1S/C17H15FN2O3/c18-13-5-3-11-8-12(17(22)20-15(11)9-13)4-6-16(21)19-10-14-2-1-7-23-14/h1-3,5,7-9H,4,6,10H2,(H,19,21)(H,20,22). The first-order valence-corrected chi connectivity index (χ1v) is 7.22. The number of halogens is 1. The number of nitrogens with one attached hydrogen (secondary N) is 2. The van der Waals surface area contributed by atoms with E-state index in [1.807, 2.05) is 0 Å². The molecule has 0 aliphatic carbocycles. The van der Waals surface area contributed by atoms with Crippen LogP contribution < -0.4 is 10.9 Å². The first kappa shape index (κ1) is 15.0. The molecule has 0 aliphatic rings. The Balaban J connectivity index is 1.64. The molecule has 23 heavy (non-hydrogen) atoms. The van der Waals surface area contributed by atoms with E-state index in [2.05, 4.69) is 10.3 Å². The molecular formula is C17H15FN2O3. The molecule has 0 radical (unpaired) electrons. The molecule has 0 bridgehead atoms. The number of hydrogen-bond acceptors (Lipinski definition) is 3. The van der Waals surface area contributed by atoms with Crippen LogP contribution in [0, 0.1) is 5.82 Å². The number of benzene rings is 1. The quantitative estimate of drug-likeness (QED) is 0.760. The average molecular weight is 314 g/mol. The summed E-state index contributed by atoms with van der Waals surface area (Å²) in [6.45, 7) is 0.319. The van der Waals surface area contributed by atoms with E-state index in [9.17, 15) is 14.0 Å². The zero-order valence-corrected chi connectivity index (χ0v) is 12.3. The molecule has 1 aromatic carbocycles. The first-order chi connectivity index (χ1) is 11.1. The Labute approximate surface area is 131 Å². The number of H-pyrrole nitrogens is 1. The number of aromatic amines is 1. The van der Waals surface area contributed by atoms with Crippen molar-refractivity contribution in [3.63, 3.8) is 0 Å². The summed E-state index contributed by atoms with van der Waals surface area (Å²) in [5, 5.41) is 3.46. The Morgan fingerprint density at radius 2 is 2.13 bits per heavy atom. The molecule has 0 aliphatic heterocycles. The molecule has 0 atom stereocenters. The van der Waals surface area contributed by atoms with Crippen molar-refractivity contribution in [3.05, 3.63) is 70.2 Å². The number of carbonyl (C=O) groups is 1. The van der Waals surface area contributed by atoms with Crippen LogP contribution in [0.15, 0.2) is 51.9 Å². The van der Waals surface area contributed by atoms with Crippen molar-refractivity contribution in [1.29, 1.82) is 0 Å². The van der Waals surface area contributed by atoms with Gasteiger partial charge in [0.2, 0.25) is 5.91 Å². The summed E-state index contributed by atoms with van der Waals surface area (Å²) < 4.78 is 18.3. The van der Waals surface area contributed by atoms with Gasteiger partial charge in [-0.25, -0.2) is 4.39 Å². The highest BCUT2D eigenvalue weighted by atomic mass is 19.1. The van der Waals surface area contributed by atoms with Crippen LogP contribution in [0.25, 0.3) is 10.9 Å². The van der Waals surface area contributed by atoms with E-state index >= 15 is 0 Å². The second-order valence-corrected chi connectivity index (χ2v) is 5.21. The molecule has 0 unspecified atom stereocenters. The summed E-state index contributed by atoms with van der Waals surface area (Å²) in [7, 11) is 0. The van der Waals surface area contributed by atoms with Crippen LogP contribution in [-0.4, -0.2) is 10.9 Å². The van der Waals surface area contributed by atoms with Gasteiger partial charge in [0, 0.05) is 12.0 Å². The minimum absolute atomic E-state index is 0.167. The fourth-order valence-electron chi connectivity index (χ4n) is 2.34. The SMILES string of the molecule is O=C(CCc1cc2ccc(F)cc2[nH]c1=O)NCc1ccco1. The van der Waals surface area contributed by atoms with Gasteiger partial charge in [0.1, 0.15) is 11.6 Å². The van der Waals surface area contributed by atoms with Gasteiger partial charge < -0.3 is 14.7 Å². The molecule has 0 spiro atoms.